The lowest BCUT2D eigenvalue weighted by Gasteiger charge is -2.09. The summed E-state index contributed by atoms with van der Waals surface area (Å²) in [6.07, 6.45) is 7.64. The third-order valence-corrected chi connectivity index (χ3v) is 3.72. The van der Waals surface area contributed by atoms with Crippen LogP contribution in [0.15, 0.2) is 23.2 Å². The number of nitrogens with two attached hydrogens (primary N) is 1. The lowest BCUT2D eigenvalue weighted by molar-refractivity contribution is 0.354. The SMILES string of the molecule is CCCCCCCCNC(N)=NCc1ccc(OC)c(OC)c1.I. The summed E-state index contributed by atoms with van der Waals surface area (Å²) < 4.78 is 10.5. The van der Waals surface area contributed by atoms with Gasteiger partial charge in [-0.3, -0.25) is 0 Å². The lowest BCUT2D eigenvalue weighted by Crippen LogP contribution is -2.32. The van der Waals surface area contributed by atoms with Crippen molar-refractivity contribution >= 4 is 29.9 Å². The summed E-state index contributed by atoms with van der Waals surface area (Å²) in [5.41, 5.74) is 6.93. The highest BCUT2D eigenvalue weighted by Gasteiger charge is 2.04. The van der Waals surface area contributed by atoms with E-state index in [0.29, 0.717) is 18.3 Å². The number of rotatable bonds is 11. The van der Waals surface area contributed by atoms with Crippen LogP contribution in [0.25, 0.3) is 0 Å². The molecule has 0 aromatic heterocycles. The van der Waals surface area contributed by atoms with Gasteiger partial charge in [-0.25, -0.2) is 4.99 Å². The van der Waals surface area contributed by atoms with E-state index in [-0.39, 0.29) is 24.0 Å². The van der Waals surface area contributed by atoms with Gasteiger partial charge in [0.15, 0.2) is 17.5 Å². The van der Waals surface area contributed by atoms with Gasteiger partial charge in [-0.2, -0.15) is 0 Å². The van der Waals surface area contributed by atoms with E-state index in [1.54, 1.807) is 14.2 Å². The molecule has 24 heavy (non-hydrogen) atoms. The molecule has 138 valence electrons. The monoisotopic (exact) mass is 449 g/mol. The topological polar surface area (TPSA) is 68.9 Å². The summed E-state index contributed by atoms with van der Waals surface area (Å²) in [5.74, 6) is 1.92. The number of nitrogens with zero attached hydrogens (tertiary/aromatic N) is 1. The Morgan fingerprint density at radius 2 is 1.71 bits per heavy atom. The van der Waals surface area contributed by atoms with E-state index in [1.807, 2.05) is 18.2 Å². The standard InChI is InChI=1S/C18H31N3O2.HI/c1-4-5-6-7-8-9-12-20-18(19)21-14-15-10-11-16(22-2)17(13-15)23-3;/h10-11,13H,4-9,12,14H2,1-3H3,(H3,19,20,21);1H. The van der Waals surface area contributed by atoms with Crippen LogP contribution in [-0.4, -0.2) is 26.7 Å². The largest absolute Gasteiger partial charge is 0.493 e. The average molecular weight is 449 g/mol. The second kappa shape index (κ2) is 14.2. The molecule has 0 aliphatic rings. The third-order valence-electron chi connectivity index (χ3n) is 3.72. The molecule has 3 N–H and O–H groups in total. The molecule has 0 fully saturated rings. The van der Waals surface area contributed by atoms with Gasteiger partial charge >= 0.3 is 0 Å². The van der Waals surface area contributed by atoms with Crippen LogP contribution >= 0.6 is 24.0 Å². The molecule has 0 heterocycles. The minimum atomic E-state index is 0. The zero-order valence-corrected chi connectivity index (χ0v) is 17.5. The molecule has 1 rings (SSSR count). The van der Waals surface area contributed by atoms with Gasteiger partial charge in [-0.05, 0) is 24.1 Å². The van der Waals surface area contributed by atoms with Crippen molar-refractivity contribution in [1.82, 2.24) is 5.32 Å². The smallest absolute Gasteiger partial charge is 0.188 e. The van der Waals surface area contributed by atoms with Gasteiger partial charge in [-0.15, -0.1) is 24.0 Å². The molecule has 0 bridgehead atoms. The maximum atomic E-state index is 5.89. The summed E-state index contributed by atoms with van der Waals surface area (Å²) in [5, 5.41) is 3.17. The molecule has 0 aliphatic carbocycles. The van der Waals surface area contributed by atoms with Crippen LogP contribution in [0.5, 0.6) is 11.5 Å². The zero-order chi connectivity index (χ0) is 16.9. The van der Waals surface area contributed by atoms with Crippen LogP contribution in [0, 0.1) is 0 Å². The fourth-order valence-electron chi connectivity index (χ4n) is 2.33. The van der Waals surface area contributed by atoms with E-state index in [0.717, 1.165) is 24.3 Å². The first-order valence-corrected chi connectivity index (χ1v) is 8.46. The quantitative estimate of drug-likeness (QED) is 0.231. The summed E-state index contributed by atoms with van der Waals surface area (Å²) in [6.45, 7) is 3.64. The van der Waals surface area contributed by atoms with Crippen molar-refractivity contribution in [1.29, 1.82) is 0 Å². The number of ether oxygens (including phenoxy) is 2. The molecule has 0 radical (unpaired) electrons. The molecular weight excluding hydrogens is 417 g/mol. The lowest BCUT2D eigenvalue weighted by atomic mass is 10.1. The van der Waals surface area contributed by atoms with Gasteiger partial charge in [0.05, 0.1) is 20.8 Å². The number of hydrogen-bond donors (Lipinski definition) is 2. The van der Waals surface area contributed by atoms with Crippen molar-refractivity contribution in [3.05, 3.63) is 23.8 Å². The highest BCUT2D eigenvalue weighted by Crippen LogP contribution is 2.27. The number of halogens is 1. The fraction of sp³-hybridized carbons (Fsp3) is 0.611. The molecule has 6 heteroatoms. The number of benzene rings is 1. The van der Waals surface area contributed by atoms with Crippen molar-refractivity contribution in [3.63, 3.8) is 0 Å². The highest BCUT2D eigenvalue weighted by atomic mass is 127. The molecule has 5 nitrogen and oxygen atoms in total. The molecule has 1 aromatic carbocycles. The van der Waals surface area contributed by atoms with Gasteiger partial charge in [0, 0.05) is 6.54 Å². The first-order chi connectivity index (χ1) is 11.2. The number of nitrogens with one attached hydrogen (secondary N) is 1. The van der Waals surface area contributed by atoms with Gasteiger partial charge in [0.2, 0.25) is 0 Å². The van der Waals surface area contributed by atoms with Crippen molar-refractivity contribution in [2.45, 2.75) is 52.0 Å². The van der Waals surface area contributed by atoms with Crippen molar-refractivity contribution in [2.24, 2.45) is 10.7 Å². The van der Waals surface area contributed by atoms with Crippen LogP contribution in [0.1, 0.15) is 51.0 Å². The second-order valence-electron chi connectivity index (χ2n) is 5.59. The van der Waals surface area contributed by atoms with E-state index in [1.165, 1.54) is 32.1 Å². The molecule has 0 spiro atoms. The Balaban J connectivity index is 0.00000529. The number of aliphatic imine (C=N–C) groups is 1. The second-order valence-corrected chi connectivity index (χ2v) is 5.59. The minimum absolute atomic E-state index is 0. The Hall–Kier alpha value is -1.18. The molecular formula is C18H32IN3O2. The highest BCUT2D eigenvalue weighted by molar-refractivity contribution is 14.0. The van der Waals surface area contributed by atoms with Crippen LogP contribution in [0.4, 0.5) is 0 Å². The van der Waals surface area contributed by atoms with Crippen LogP contribution in [-0.2, 0) is 6.54 Å². The van der Waals surface area contributed by atoms with E-state index in [4.69, 9.17) is 15.2 Å². The van der Waals surface area contributed by atoms with Crippen molar-refractivity contribution in [3.8, 4) is 11.5 Å². The number of hydrogen-bond acceptors (Lipinski definition) is 3. The third kappa shape index (κ3) is 9.20. The summed E-state index contributed by atoms with van der Waals surface area (Å²) in [6, 6.07) is 5.76. The van der Waals surface area contributed by atoms with Crippen LogP contribution < -0.4 is 20.5 Å². The van der Waals surface area contributed by atoms with E-state index >= 15 is 0 Å². The summed E-state index contributed by atoms with van der Waals surface area (Å²) >= 11 is 0. The maximum absolute atomic E-state index is 5.89. The van der Waals surface area contributed by atoms with Crippen molar-refractivity contribution < 1.29 is 9.47 Å². The molecule has 0 saturated carbocycles. The average Bonchev–Trinajstić information content (AvgIpc) is 2.58. The molecule has 0 unspecified atom stereocenters. The Kier molecular flexibility index (Phi) is 13.5. The Bertz CT molecular complexity index is 481. The van der Waals surface area contributed by atoms with Gasteiger partial charge in [-0.1, -0.05) is 45.1 Å². The fourth-order valence-corrected chi connectivity index (χ4v) is 2.33. The maximum Gasteiger partial charge on any atom is 0.188 e. The summed E-state index contributed by atoms with van der Waals surface area (Å²) in [4.78, 5) is 4.36. The molecule has 1 aromatic rings. The van der Waals surface area contributed by atoms with E-state index in [9.17, 15) is 0 Å². The number of guanidine groups is 1. The van der Waals surface area contributed by atoms with Gasteiger partial charge in [0.25, 0.3) is 0 Å². The normalized spacial score (nSPS) is 10.9. The first-order valence-electron chi connectivity index (χ1n) is 8.46. The molecule has 0 amide bonds. The molecule has 0 atom stereocenters. The number of unbranched alkanes of at least 4 members (excludes halogenated alkanes) is 5. The van der Waals surface area contributed by atoms with Crippen molar-refractivity contribution in [2.75, 3.05) is 20.8 Å². The van der Waals surface area contributed by atoms with E-state index < -0.39 is 0 Å². The summed E-state index contributed by atoms with van der Waals surface area (Å²) in [7, 11) is 3.25. The van der Waals surface area contributed by atoms with Gasteiger partial charge < -0.3 is 20.5 Å². The van der Waals surface area contributed by atoms with Gasteiger partial charge in [0.1, 0.15) is 0 Å². The first kappa shape index (κ1) is 22.8. The Morgan fingerprint density at radius 1 is 1.04 bits per heavy atom. The molecule has 0 saturated heterocycles. The molecule has 0 aliphatic heterocycles. The van der Waals surface area contributed by atoms with Crippen LogP contribution in [0.3, 0.4) is 0 Å². The Labute approximate surface area is 163 Å². The Morgan fingerprint density at radius 3 is 2.38 bits per heavy atom. The van der Waals surface area contributed by atoms with Crippen LogP contribution in [0.2, 0.25) is 0 Å². The number of methoxy groups -OCH3 is 2. The zero-order valence-electron chi connectivity index (χ0n) is 15.1. The minimum Gasteiger partial charge on any atom is -0.493 e. The van der Waals surface area contributed by atoms with E-state index in [2.05, 4.69) is 17.2 Å². The predicted molar refractivity (Wildman–Crippen MR) is 112 cm³/mol. The predicted octanol–water partition coefficient (Wildman–Crippen LogP) is 4.09.